The summed E-state index contributed by atoms with van der Waals surface area (Å²) in [6.07, 6.45) is -3.26. The van der Waals surface area contributed by atoms with Crippen molar-refractivity contribution in [3.8, 4) is 6.07 Å². The van der Waals surface area contributed by atoms with Gasteiger partial charge in [-0.1, -0.05) is 0 Å². The van der Waals surface area contributed by atoms with Gasteiger partial charge in [0.25, 0.3) is 5.91 Å². The summed E-state index contributed by atoms with van der Waals surface area (Å²) >= 11 is 0. The van der Waals surface area contributed by atoms with Crippen LogP contribution in [0.4, 0.5) is 30.4 Å². The lowest BCUT2D eigenvalue weighted by Crippen LogP contribution is -2.14. The van der Waals surface area contributed by atoms with Crippen molar-refractivity contribution >= 4 is 23.1 Å². The van der Waals surface area contributed by atoms with Crippen LogP contribution in [0.1, 0.15) is 21.6 Å². The second-order valence-electron chi connectivity index (χ2n) is 5.63. The van der Waals surface area contributed by atoms with E-state index in [9.17, 15) is 18.0 Å². The number of hydrogen-bond acceptors (Lipinski definition) is 5. The number of aromatic nitrogens is 2. The summed E-state index contributed by atoms with van der Waals surface area (Å²) in [4.78, 5) is 20.2. The van der Waals surface area contributed by atoms with Gasteiger partial charge >= 0.3 is 6.18 Å². The molecule has 0 radical (unpaired) electrons. The number of benzene rings is 2. The average Bonchev–Trinajstić information content (AvgIpc) is 2.68. The molecule has 1 heterocycles. The van der Waals surface area contributed by atoms with Gasteiger partial charge in [0, 0.05) is 17.4 Å². The van der Waals surface area contributed by atoms with Gasteiger partial charge in [0.1, 0.15) is 17.8 Å². The Bertz CT molecular complexity index is 1030. The highest BCUT2D eigenvalue weighted by Crippen LogP contribution is 2.29. The van der Waals surface area contributed by atoms with Crippen LogP contribution in [0.25, 0.3) is 0 Å². The standard InChI is InChI=1S/C19H12F3N5O/c20-19(21,22)13-3-7-15(8-4-13)27-18(28)16-9-17(25-11-24-16)26-14-5-1-12(10-23)2-6-14/h1-9,11H,(H,27,28)(H,24,25,26). The van der Waals surface area contributed by atoms with Gasteiger partial charge in [-0.05, 0) is 48.5 Å². The van der Waals surface area contributed by atoms with Gasteiger partial charge in [-0.2, -0.15) is 18.4 Å². The van der Waals surface area contributed by atoms with E-state index < -0.39 is 17.6 Å². The minimum Gasteiger partial charge on any atom is -0.340 e. The third-order valence-electron chi connectivity index (χ3n) is 3.66. The van der Waals surface area contributed by atoms with E-state index in [0.29, 0.717) is 17.1 Å². The molecular formula is C19H12F3N5O. The molecule has 2 N–H and O–H groups in total. The summed E-state index contributed by atoms with van der Waals surface area (Å²) in [5, 5.41) is 14.3. The maximum absolute atomic E-state index is 12.6. The largest absolute Gasteiger partial charge is 0.416 e. The molecule has 0 aliphatic carbocycles. The van der Waals surface area contributed by atoms with E-state index in [4.69, 9.17) is 5.26 Å². The maximum atomic E-state index is 12.6. The van der Waals surface area contributed by atoms with Crippen LogP contribution in [0.5, 0.6) is 0 Å². The summed E-state index contributed by atoms with van der Waals surface area (Å²) in [6.45, 7) is 0. The Labute approximate surface area is 157 Å². The third kappa shape index (κ3) is 4.62. The Hall–Kier alpha value is -3.93. The maximum Gasteiger partial charge on any atom is 0.416 e. The number of nitriles is 1. The first-order chi connectivity index (χ1) is 13.3. The number of alkyl halides is 3. The zero-order valence-electron chi connectivity index (χ0n) is 14.2. The van der Waals surface area contributed by atoms with Gasteiger partial charge in [-0.3, -0.25) is 4.79 Å². The van der Waals surface area contributed by atoms with Crippen LogP contribution >= 0.6 is 0 Å². The highest BCUT2D eigenvalue weighted by molar-refractivity contribution is 6.03. The molecule has 0 spiro atoms. The summed E-state index contributed by atoms with van der Waals surface area (Å²) in [5.41, 5.74) is 0.599. The van der Waals surface area contributed by atoms with Crippen molar-refractivity contribution in [2.24, 2.45) is 0 Å². The number of rotatable bonds is 4. The Morgan fingerprint density at radius 1 is 0.964 bits per heavy atom. The molecule has 2 aromatic carbocycles. The van der Waals surface area contributed by atoms with Crippen LogP contribution in [0.2, 0.25) is 0 Å². The first kappa shape index (κ1) is 18.8. The normalized spacial score (nSPS) is 10.8. The second kappa shape index (κ2) is 7.75. The molecule has 0 saturated carbocycles. The molecule has 1 amide bonds. The summed E-state index contributed by atoms with van der Waals surface area (Å²) in [5.74, 6) is -0.248. The van der Waals surface area contributed by atoms with Gasteiger partial charge in [0.05, 0.1) is 17.2 Å². The number of halogens is 3. The van der Waals surface area contributed by atoms with Crippen molar-refractivity contribution in [1.29, 1.82) is 5.26 Å². The van der Waals surface area contributed by atoms with Gasteiger partial charge < -0.3 is 10.6 Å². The van der Waals surface area contributed by atoms with E-state index in [1.807, 2.05) is 6.07 Å². The van der Waals surface area contributed by atoms with E-state index in [1.54, 1.807) is 24.3 Å². The molecule has 3 rings (SSSR count). The van der Waals surface area contributed by atoms with Crippen molar-refractivity contribution in [1.82, 2.24) is 9.97 Å². The van der Waals surface area contributed by atoms with Crippen molar-refractivity contribution in [2.45, 2.75) is 6.18 Å². The Kier molecular flexibility index (Phi) is 5.22. The van der Waals surface area contributed by atoms with Gasteiger partial charge in [0.2, 0.25) is 0 Å². The van der Waals surface area contributed by atoms with Crippen molar-refractivity contribution in [3.63, 3.8) is 0 Å². The molecular weight excluding hydrogens is 371 g/mol. The molecule has 1 aromatic heterocycles. The molecule has 0 saturated heterocycles. The number of carbonyl (C=O) groups is 1. The molecule has 0 bridgehead atoms. The highest BCUT2D eigenvalue weighted by atomic mass is 19.4. The van der Waals surface area contributed by atoms with Crippen LogP contribution in [-0.4, -0.2) is 15.9 Å². The lowest BCUT2D eigenvalue weighted by Gasteiger charge is -2.09. The Morgan fingerprint density at radius 3 is 2.21 bits per heavy atom. The van der Waals surface area contributed by atoms with Crippen LogP contribution in [0, 0.1) is 11.3 Å². The number of hydrogen-bond donors (Lipinski definition) is 2. The minimum absolute atomic E-state index is 0.0334. The fourth-order valence-corrected chi connectivity index (χ4v) is 2.26. The lowest BCUT2D eigenvalue weighted by molar-refractivity contribution is -0.137. The number of carbonyl (C=O) groups excluding carboxylic acids is 1. The second-order valence-corrected chi connectivity index (χ2v) is 5.63. The molecule has 0 fully saturated rings. The summed E-state index contributed by atoms with van der Waals surface area (Å²) in [7, 11) is 0. The van der Waals surface area contributed by atoms with Crippen molar-refractivity contribution in [2.75, 3.05) is 10.6 Å². The minimum atomic E-state index is -4.44. The predicted molar refractivity (Wildman–Crippen MR) is 95.9 cm³/mol. The van der Waals surface area contributed by atoms with Crippen LogP contribution in [0.15, 0.2) is 60.9 Å². The number of amides is 1. The lowest BCUT2D eigenvalue weighted by atomic mass is 10.2. The summed E-state index contributed by atoms with van der Waals surface area (Å²) < 4.78 is 37.8. The smallest absolute Gasteiger partial charge is 0.340 e. The van der Waals surface area contributed by atoms with E-state index in [0.717, 1.165) is 24.3 Å². The Balaban J connectivity index is 1.70. The molecule has 3 aromatic rings. The van der Waals surface area contributed by atoms with E-state index in [2.05, 4.69) is 20.6 Å². The summed E-state index contributed by atoms with van der Waals surface area (Å²) in [6, 6.07) is 14.1. The fraction of sp³-hybridized carbons (Fsp3) is 0.0526. The molecule has 0 aliphatic rings. The monoisotopic (exact) mass is 383 g/mol. The SMILES string of the molecule is N#Cc1ccc(Nc2cc(C(=O)Nc3ccc(C(F)(F)F)cc3)ncn2)cc1. The third-order valence-corrected chi connectivity index (χ3v) is 3.66. The molecule has 9 heteroatoms. The zero-order chi connectivity index (χ0) is 20.1. The van der Waals surface area contributed by atoms with Crippen LogP contribution in [0.3, 0.4) is 0 Å². The molecule has 140 valence electrons. The first-order valence-corrected chi connectivity index (χ1v) is 7.93. The van der Waals surface area contributed by atoms with Crippen molar-refractivity contribution in [3.05, 3.63) is 77.7 Å². The number of nitrogens with zero attached hydrogens (tertiary/aromatic N) is 3. The van der Waals surface area contributed by atoms with Crippen LogP contribution in [-0.2, 0) is 6.18 Å². The van der Waals surface area contributed by atoms with Crippen LogP contribution < -0.4 is 10.6 Å². The zero-order valence-corrected chi connectivity index (χ0v) is 14.2. The predicted octanol–water partition coefficient (Wildman–Crippen LogP) is 4.36. The quantitative estimate of drug-likeness (QED) is 0.698. The number of nitrogens with one attached hydrogen (secondary N) is 2. The molecule has 28 heavy (non-hydrogen) atoms. The molecule has 6 nitrogen and oxygen atoms in total. The topological polar surface area (TPSA) is 90.7 Å². The van der Waals surface area contributed by atoms with Gasteiger partial charge in [0.15, 0.2) is 0 Å². The molecule has 0 unspecified atom stereocenters. The van der Waals surface area contributed by atoms with Gasteiger partial charge in [-0.25, -0.2) is 9.97 Å². The molecule has 0 atom stereocenters. The van der Waals surface area contributed by atoms with E-state index >= 15 is 0 Å². The van der Waals surface area contributed by atoms with Gasteiger partial charge in [-0.15, -0.1) is 0 Å². The van der Waals surface area contributed by atoms with E-state index in [-0.39, 0.29) is 11.4 Å². The Morgan fingerprint density at radius 2 is 1.61 bits per heavy atom. The first-order valence-electron chi connectivity index (χ1n) is 7.93. The van der Waals surface area contributed by atoms with E-state index in [1.165, 1.54) is 12.4 Å². The fourth-order valence-electron chi connectivity index (χ4n) is 2.26. The average molecular weight is 383 g/mol. The number of anilines is 3. The van der Waals surface area contributed by atoms with Crippen molar-refractivity contribution < 1.29 is 18.0 Å². The molecule has 0 aliphatic heterocycles. The highest BCUT2D eigenvalue weighted by Gasteiger charge is 2.30.